The lowest BCUT2D eigenvalue weighted by Gasteiger charge is -2.34. The first-order chi connectivity index (χ1) is 15.7. The van der Waals surface area contributed by atoms with E-state index in [0.717, 1.165) is 16.6 Å². The number of halogens is 1. The summed E-state index contributed by atoms with van der Waals surface area (Å²) in [5, 5.41) is 4.02. The van der Waals surface area contributed by atoms with E-state index in [1.807, 2.05) is 18.2 Å². The summed E-state index contributed by atoms with van der Waals surface area (Å²) in [7, 11) is -3.17. The predicted molar refractivity (Wildman–Crippen MR) is 128 cm³/mol. The van der Waals surface area contributed by atoms with Crippen molar-refractivity contribution in [1.29, 1.82) is 0 Å². The van der Waals surface area contributed by atoms with Gasteiger partial charge in [0.2, 0.25) is 0 Å². The van der Waals surface area contributed by atoms with Crippen LogP contribution in [0, 0.1) is 0 Å². The van der Waals surface area contributed by atoms with E-state index in [1.165, 1.54) is 12.5 Å². The second-order valence-corrected chi connectivity index (χ2v) is 11.6. The van der Waals surface area contributed by atoms with Crippen LogP contribution in [0.4, 0.5) is 5.69 Å². The number of benzene rings is 1. The molecule has 1 saturated carbocycles. The molecule has 2 aliphatic rings. The maximum atomic E-state index is 13.2. The van der Waals surface area contributed by atoms with Gasteiger partial charge in [-0.3, -0.25) is 14.6 Å². The van der Waals surface area contributed by atoms with Crippen molar-refractivity contribution in [3.8, 4) is 0 Å². The minimum atomic E-state index is -3.17. The number of anilines is 1. The Balaban J connectivity index is 1.46. The molecule has 0 saturated heterocycles. The molecule has 1 aliphatic heterocycles. The van der Waals surface area contributed by atoms with Crippen LogP contribution in [0.1, 0.15) is 28.9 Å². The number of hydrogen-bond donors (Lipinski definition) is 1. The summed E-state index contributed by atoms with van der Waals surface area (Å²) in [4.78, 5) is 32.3. The topological polar surface area (TPSA) is 101 Å². The zero-order chi connectivity index (χ0) is 23.4. The van der Waals surface area contributed by atoms with Crippen LogP contribution < -0.4 is 15.8 Å². The molecule has 0 atom stereocenters. The first-order valence-corrected chi connectivity index (χ1v) is 13.0. The number of pyridine rings is 2. The lowest BCUT2D eigenvalue weighted by molar-refractivity contribution is 0.0948. The third-order valence-corrected chi connectivity index (χ3v) is 8.90. The van der Waals surface area contributed by atoms with Gasteiger partial charge >= 0.3 is 0 Å². The van der Waals surface area contributed by atoms with Crippen LogP contribution in [0.5, 0.6) is 0 Å². The lowest BCUT2D eigenvalue weighted by Crippen LogP contribution is -2.44. The second-order valence-electron chi connectivity index (χ2n) is 8.76. The molecule has 0 radical (unpaired) electrons. The van der Waals surface area contributed by atoms with Gasteiger partial charge in [0.15, 0.2) is 9.84 Å². The Labute approximate surface area is 196 Å². The summed E-state index contributed by atoms with van der Waals surface area (Å²) >= 11 is 5.84. The van der Waals surface area contributed by atoms with Gasteiger partial charge in [-0.15, -0.1) is 0 Å². The molecule has 0 bridgehead atoms. The van der Waals surface area contributed by atoms with Gasteiger partial charge in [-0.2, -0.15) is 0 Å². The van der Waals surface area contributed by atoms with E-state index in [1.54, 1.807) is 22.8 Å². The maximum absolute atomic E-state index is 13.2. The highest BCUT2D eigenvalue weighted by atomic mass is 35.5. The highest BCUT2D eigenvalue weighted by molar-refractivity contribution is 7.92. The molecule has 10 heteroatoms. The van der Waals surface area contributed by atoms with Crippen LogP contribution in [0.25, 0.3) is 10.9 Å². The maximum Gasteiger partial charge on any atom is 0.264 e. The van der Waals surface area contributed by atoms with Crippen LogP contribution in [0.2, 0.25) is 5.02 Å². The summed E-state index contributed by atoms with van der Waals surface area (Å²) in [5.41, 5.74) is 1.89. The van der Waals surface area contributed by atoms with Crippen LogP contribution in [-0.4, -0.2) is 48.0 Å². The van der Waals surface area contributed by atoms with Crippen LogP contribution in [-0.2, 0) is 22.9 Å². The molecule has 0 unspecified atom stereocenters. The molecule has 2 aromatic heterocycles. The van der Waals surface area contributed by atoms with E-state index in [0.29, 0.717) is 43.2 Å². The highest BCUT2D eigenvalue weighted by Gasteiger charge is 2.53. The summed E-state index contributed by atoms with van der Waals surface area (Å²) < 4.78 is 25.5. The monoisotopic (exact) mass is 486 g/mol. The van der Waals surface area contributed by atoms with Crippen molar-refractivity contribution < 1.29 is 13.2 Å². The Morgan fingerprint density at radius 2 is 2.00 bits per heavy atom. The number of carbonyl (C=O) groups is 1. The van der Waals surface area contributed by atoms with E-state index in [4.69, 9.17) is 11.6 Å². The number of carbonyl (C=O) groups excluding carboxylic acids is 1. The van der Waals surface area contributed by atoms with E-state index in [9.17, 15) is 18.0 Å². The predicted octanol–water partition coefficient (Wildman–Crippen LogP) is 2.38. The van der Waals surface area contributed by atoms with Crippen molar-refractivity contribution in [1.82, 2.24) is 14.9 Å². The Bertz CT molecular complexity index is 1430. The summed E-state index contributed by atoms with van der Waals surface area (Å²) in [6, 6.07) is 10.6. The van der Waals surface area contributed by atoms with Crippen molar-refractivity contribution in [3.05, 3.63) is 69.2 Å². The number of para-hydroxylation sites is 1. The Kier molecular flexibility index (Phi) is 5.21. The molecule has 1 amide bonds. The number of aromatic nitrogens is 2. The highest BCUT2D eigenvalue weighted by Crippen LogP contribution is 2.45. The standard InChI is InChI=1S/C23H23ClN4O4S/c1-33(31,32)23(7-8-23)14-27-9-10-28-20-15(3-2-4-19(20)27)11-18(22(28)30)21(29)26-13-17-6-5-16(24)12-25-17/h2-6,11-12H,7-10,13-14H2,1H3,(H,26,29). The Hall–Kier alpha value is -2.91. The average Bonchev–Trinajstić information content (AvgIpc) is 3.57. The fraction of sp³-hybridized carbons (Fsp3) is 0.348. The van der Waals surface area contributed by atoms with Crippen molar-refractivity contribution in [2.75, 3.05) is 24.2 Å². The van der Waals surface area contributed by atoms with E-state index in [2.05, 4.69) is 15.2 Å². The normalized spacial score (nSPS) is 16.6. The average molecular weight is 487 g/mol. The lowest BCUT2D eigenvalue weighted by atomic mass is 10.1. The fourth-order valence-corrected chi connectivity index (χ4v) is 5.82. The van der Waals surface area contributed by atoms with Gasteiger partial charge in [0.25, 0.3) is 11.5 Å². The Morgan fingerprint density at radius 3 is 2.67 bits per heavy atom. The zero-order valence-electron chi connectivity index (χ0n) is 18.0. The van der Waals surface area contributed by atoms with Gasteiger partial charge in [-0.05, 0) is 37.1 Å². The molecule has 1 fully saturated rings. The van der Waals surface area contributed by atoms with Crippen molar-refractivity contribution in [3.63, 3.8) is 0 Å². The van der Waals surface area contributed by atoms with Gasteiger partial charge in [0.1, 0.15) is 5.56 Å². The molecule has 33 heavy (non-hydrogen) atoms. The van der Waals surface area contributed by atoms with Gasteiger partial charge < -0.3 is 14.8 Å². The van der Waals surface area contributed by atoms with E-state index in [-0.39, 0.29) is 17.7 Å². The molecule has 8 nitrogen and oxygen atoms in total. The SMILES string of the molecule is CS(=O)(=O)C1(CN2CCn3c(=O)c(C(=O)NCc4ccc(Cl)cn4)cc4cccc2c43)CC1. The molecule has 1 aromatic carbocycles. The zero-order valence-corrected chi connectivity index (χ0v) is 19.6. The van der Waals surface area contributed by atoms with Gasteiger partial charge in [0.05, 0.1) is 33.2 Å². The minimum Gasteiger partial charge on any atom is -0.366 e. The van der Waals surface area contributed by atoms with Crippen LogP contribution >= 0.6 is 11.6 Å². The molecule has 172 valence electrons. The number of sulfone groups is 1. The molecular weight excluding hydrogens is 464 g/mol. The first-order valence-electron chi connectivity index (χ1n) is 10.7. The van der Waals surface area contributed by atoms with Crippen molar-refractivity contribution >= 4 is 43.9 Å². The van der Waals surface area contributed by atoms with Gasteiger partial charge in [-0.1, -0.05) is 23.7 Å². The molecule has 3 heterocycles. The quantitative estimate of drug-likeness (QED) is 0.574. The largest absolute Gasteiger partial charge is 0.366 e. The summed E-state index contributed by atoms with van der Waals surface area (Å²) in [6.45, 7) is 1.47. The number of hydrogen-bond acceptors (Lipinski definition) is 6. The third kappa shape index (κ3) is 3.89. The van der Waals surface area contributed by atoms with Crippen LogP contribution in [0.15, 0.2) is 47.4 Å². The van der Waals surface area contributed by atoms with Gasteiger partial charge in [-0.25, -0.2) is 8.42 Å². The third-order valence-electron chi connectivity index (χ3n) is 6.56. The molecule has 1 aliphatic carbocycles. The number of amides is 1. The number of nitrogens with zero attached hydrogens (tertiary/aromatic N) is 3. The van der Waals surface area contributed by atoms with Crippen LogP contribution in [0.3, 0.4) is 0 Å². The Morgan fingerprint density at radius 1 is 1.21 bits per heavy atom. The van der Waals surface area contributed by atoms with E-state index < -0.39 is 20.5 Å². The summed E-state index contributed by atoms with van der Waals surface area (Å²) in [5.74, 6) is -0.468. The fourth-order valence-electron chi connectivity index (χ4n) is 4.47. The molecule has 1 N–H and O–H groups in total. The van der Waals surface area contributed by atoms with Crippen molar-refractivity contribution in [2.45, 2.75) is 30.7 Å². The van der Waals surface area contributed by atoms with Gasteiger partial charge in [0, 0.05) is 37.5 Å². The smallest absolute Gasteiger partial charge is 0.264 e. The molecule has 3 aromatic rings. The van der Waals surface area contributed by atoms with Crippen molar-refractivity contribution in [2.24, 2.45) is 0 Å². The summed E-state index contributed by atoms with van der Waals surface area (Å²) in [6.07, 6.45) is 4.12. The number of rotatable bonds is 6. The number of nitrogens with one attached hydrogen (secondary N) is 1. The molecular formula is C23H23ClN4O4S. The molecule has 5 rings (SSSR count). The first kappa shape index (κ1) is 21.9. The minimum absolute atomic E-state index is 0.0665. The second kappa shape index (κ2) is 7.85. The van der Waals surface area contributed by atoms with E-state index >= 15 is 0 Å². The molecule has 0 spiro atoms.